The molecule has 1 amide bonds. The molecule has 1 N–H and O–H groups in total. The first-order valence-corrected chi connectivity index (χ1v) is 7.80. The molecule has 1 aliphatic carbocycles. The molecular formula is C14H22N2OS. The summed E-state index contributed by atoms with van der Waals surface area (Å²) >= 11 is 1.68. The molecule has 1 atom stereocenters. The first-order chi connectivity index (χ1) is 8.69. The zero-order valence-electron chi connectivity index (χ0n) is 11.2. The number of nitrogens with zero attached hydrogens (tertiary/aromatic N) is 1. The van der Waals surface area contributed by atoms with Crippen LogP contribution >= 0.6 is 11.3 Å². The summed E-state index contributed by atoms with van der Waals surface area (Å²) in [6, 6.07) is 0.0375. The number of hydrogen-bond donors (Lipinski definition) is 1. The van der Waals surface area contributed by atoms with Gasteiger partial charge in [0.1, 0.15) is 0 Å². The molecule has 1 saturated carbocycles. The van der Waals surface area contributed by atoms with E-state index < -0.39 is 0 Å². The Bertz CT molecular complexity index is 396. The first-order valence-electron chi connectivity index (χ1n) is 6.92. The van der Waals surface area contributed by atoms with Crippen LogP contribution < -0.4 is 5.32 Å². The Hall–Kier alpha value is -0.900. The normalized spacial score (nSPS) is 17.9. The van der Waals surface area contributed by atoms with E-state index in [0.717, 1.165) is 17.1 Å². The van der Waals surface area contributed by atoms with Crippen LogP contribution in [0.1, 0.15) is 62.7 Å². The molecule has 0 unspecified atom stereocenters. The van der Waals surface area contributed by atoms with Gasteiger partial charge in [-0.2, -0.15) is 0 Å². The second kappa shape index (κ2) is 6.32. The topological polar surface area (TPSA) is 42.0 Å². The number of aryl methyl sites for hydroxylation is 1. The minimum atomic E-state index is 0.0375. The van der Waals surface area contributed by atoms with Crippen molar-refractivity contribution in [3.05, 3.63) is 16.1 Å². The molecule has 1 heterocycles. The van der Waals surface area contributed by atoms with Crippen molar-refractivity contribution in [2.24, 2.45) is 5.92 Å². The highest BCUT2D eigenvalue weighted by Gasteiger charge is 2.20. The Balaban J connectivity index is 1.82. The largest absolute Gasteiger partial charge is 0.348 e. The lowest BCUT2D eigenvalue weighted by atomic mass is 10.0. The van der Waals surface area contributed by atoms with Crippen LogP contribution in [0, 0.1) is 5.92 Å². The third kappa shape index (κ3) is 3.55. The summed E-state index contributed by atoms with van der Waals surface area (Å²) in [4.78, 5) is 16.4. The second-order valence-corrected chi connectivity index (χ2v) is 6.11. The number of amides is 1. The van der Waals surface area contributed by atoms with E-state index in [0.29, 0.717) is 12.3 Å². The van der Waals surface area contributed by atoms with Crippen molar-refractivity contribution >= 4 is 17.2 Å². The van der Waals surface area contributed by atoms with E-state index in [1.165, 1.54) is 25.7 Å². The number of carbonyl (C=O) groups is 1. The van der Waals surface area contributed by atoms with Crippen molar-refractivity contribution in [2.75, 3.05) is 0 Å². The summed E-state index contributed by atoms with van der Waals surface area (Å²) in [5.41, 5.74) is 0.997. The van der Waals surface area contributed by atoms with Crippen LogP contribution in [0.5, 0.6) is 0 Å². The molecule has 1 aromatic rings. The van der Waals surface area contributed by atoms with Gasteiger partial charge in [-0.15, -0.1) is 11.3 Å². The number of nitrogens with one attached hydrogen (secondary N) is 1. The Morgan fingerprint density at radius 1 is 1.56 bits per heavy atom. The van der Waals surface area contributed by atoms with E-state index >= 15 is 0 Å². The fourth-order valence-electron chi connectivity index (χ4n) is 2.54. The smallest absolute Gasteiger partial charge is 0.220 e. The fraction of sp³-hybridized carbons (Fsp3) is 0.714. The van der Waals surface area contributed by atoms with Gasteiger partial charge in [-0.05, 0) is 32.1 Å². The number of carbonyl (C=O) groups excluding carboxylic acids is 1. The Morgan fingerprint density at radius 3 is 2.89 bits per heavy atom. The standard InChI is InChI=1S/C14H22N2OS/c1-3-14-16-12(9-18-14)10(2)15-13(17)8-11-6-4-5-7-11/h9-11H,3-8H2,1-2H3,(H,15,17)/t10-/m0/s1. The fourth-order valence-corrected chi connectivity index (χ4v) is 3.38. The summed E-state index contributed by atoms with van der Waals surface area (Å²) < 4.78 is 0. The molecule has 18 heavy (non-hydrogen) atoms. The Kier molecular flexibility index (Phi) is 4.75. The van der Waals surface area contributed by atoms with Crippen LogP contribution in [0.3, 0.4) is 0 Å². The zero-order chi connectivity index (χ0) is 13.0. The highest BCUT2D eigenvalue weighted by atomic mass is 32.1. The van der Waals surface area contributed by atoms with Crippen LogP contribution in [0.4, 0.5) is 0 Å². The van der Waals surface area contributed by atoms with Crippen LogP contribution in [-0.2, 0) is 11.2 Å². The number of hydrogen-bond acceptors (Lipinski definition) is 3. The third-order valence-electron chi connectivity index (χ3n) is 3.64. The molecule has 0 aromatic carbocycles. The predicted octanol–water partition coefficient (Wildman–Crippen LogP) is 3.46. The minimum absolute atomic E-state index is 0.0375. The van der Waals surface area contributed by atoms with E-state index in [1.807, 2.05) is 6.92 Å². The molecule has 4 heteroatoms. The van der Waals surface area contributed by atoms with Crippen molar-refractivity contribution in [2.45, 2.75) is 58.4 Å². The van der Waals surface area contributed by atoms with Crippen molar-refractivity contribution < 1.29 is 4.79 Å². The van der Waals surface area contributed by atoms with Gasteiger partial charge in [-0.3, -0.25) is 4.79 Å². The SMILES string of the molecule is CCc1nc([C@H](C)NC(=O)CC2CCCC2)cs1. The molecule has 0 aliphatic heterocycles. The van der Waals surface area contributed by atoms with Crippen LogP contribution in [0.25, 0.3) is 0 Å². The summed E-state index contributed by atoms with van der Waals surface area (Å²) in [5.74, 6) is 0.791. The van der Waals surface area contributed by atoms with Gasteiger partial charge < -0.3 is 5.32 Å². The van der Waals surface area contributed by atoms with E-state index in [9.17, 15) is 4.79 Å². The van der Waals surface area contributed by atoms with E-state index in [2.05, 4.69) is 22.6 Å². The van der Waals surface area contributed by atoms with Crippen LogP contribution in [0.15, 0.2) is 5.38 Å². The summed E-state index contributed by atoms with van der Waals surface area (Å²) in [7, 11) is 0. The predicted molar refractivity (Wildman–Crippen MR) is 74.6 cm³/mol. The van der Waals surface area contributed by atoms with Gasteiger partial charge in [0.2, 0.25) is 5.91 Å². The summed E-state index contributed by atoms with van der Waals surface area (Å²) in [6.07, 6.45) is 6.68. The van der Waals surface area contributed by atoms with Crippen molar-refractivity contribution in [3.8, 4) is 0 Å². The lowest BCUT2D eigenvalue weighted by molar-refractivity contribution is -0.122. The average Bonchev–Trinajstić information content (AvgIpc) is 2.98. The van der Waals surface area contributed by atoms with Gasteiger partial charge in [0, 0.05) is 11.8 Å². The van der Waals surface area contributed by atoms with E-state index in [-0.39, 0.29) is 11.9 Å². The lowest BCUT2D eigenvalue weighted by Gasteiger charge is -2.14. The van der Waals surface area contributed by atoms with Crippen molar-refractivity contribution in [1.82, 2.24) is 10.3 Å². The molecule has 100 valence electrons. The van der Waals surface area contributed by atoms with E-state index in [1.54, 1.807) is 11.3 Å². The molecular weight excluding hydrogens is 244 g/mol. The molecule has 2 rings (SSSR count). The highest BCUT2D eigenvalue weighted by Crippen LogP contribution is 2.27. The molecule has 0 spiro atoms. The van der Waals surface area contributed by atoms with Crippen molar-refractivity contribution in [1.29, 1.82) is 0 Å². The molecule has 1 fully saturated rings. The number of thiazole rings is 1. The van der Waals surface area contributed by atoms with Crippen LogP contribution in [0.2, 0.25) is 0 Å². The Morgan fingerprint density at radius 2 is 2.28 bits per heavy atom. The molecule has 0 radical (unpaired) electrons. The maximum atomic E-state index is 11.9. The van der Waals surface area contributed by atoms with Gasteiger partial charge >= 0.3 is 0 Å². The number of rotatable bonds is 5. The minimum Gasteiger partial charge on any atom is -0.348 e. The molecule has 1 aromatic heterocycles. The maximum absolute atomic E-state index is 11.9. The van der Waals surface area contributed by atoms with Gasteiger partial charge in [-0.1, -0.05) is 19.8 Å². The molecule has 3 nitrogen and oxygen atoms in total. The van der Waals surface area contributed by atoms with Crippen LogP contribution in [-0.4, -0.2) is 10.9 Å². The zero-order valence-corrected chi connectivity index (χ0v) is 12.1. The molecule has 0 bridgehead atoms. The monoisotopic (exact) mass is 266 g/mol. The van der Waals surface area contributed by atoms with Gasteiger partial charge in [-0.25, -0.2) is 4.98 Å². The lowest BCUT2D eigenvalue weighted by Crippen LogP contribution is -2.28. The quantitative estimate of drug-likeness (QED) is 0.886. The maximum Gasteiger partial charge on any atom is 0.220 e. The van der Waals surface area contributed by atoms with Gasteiger partial charge in [0.15, 0.2) is 0 Å². The second-order valence-electron chi connectivity index (χ2n) is 5.16. The third-order valence-corrected chi connectivity index (χ3v) is 4.65. The molecule has 1 aliphatic rings. The summed E-state index contributed by atoms with van der Waals surface area (Å²) in [6.45, 7) is 4.12. The first kappa shape index (κ1) is 13.5. The number of aromatic nitrogens is 1. The summed E-state index contributed by atoms with van der Waals surface area (Å²) in [5, 5.41) is 6.26. The van der Waals surface area contributed by atoms with E-state index in [4.69, 9.17) is 0 Å². The highest BCUT2D eigenvalue weighted by molar-refractivity contribution is 7.09. The average molecular weight is 266 g/mol. The van der Waals surface area contributed by atoms with Gasteiger partial charge in [0.25, 0.3) is 0 Å². The van der Waals surface area contributed by atoms with Crippen molar-refractivity contribution in [3.63, 3.8) is 0 Å². The molecule has 0 saturated heterocycles. The Labute approximate surface area is 113 Å². The van der Waals surface area contributed by atoms with Gasteiger partial charge in [0.05, 0.1) is 16.7 Å².